The maximum atomic E-state index is 5.90. The van der Waals surface area contributed by atoms with Crippen LogP contribution < -0.4 is 5.32 Å². The fraction of sp³-hybridized carbons (Fsp3) is 0.444. The van der Waals surface area contributed by atoms with E-state index in [-0.39, 0.29) is 30.1 Å². The maximum Gasteiger partial charge on any atom is 0.194 e. The number of morpholine rings is 1. The van der Waals surface area contributed by atoms with Crippen LogP contribution in [0.15, 0.2) is 41.7 Å². The molecule has 0 radical (unpaired) electrons. The Labute approximate surface area is 166 Å². The molecule has 0 saturated carbocycles. The second kappa shape index (κ2) is 9.19. The molecule has 1 atom stereocenters. The van der Waals surface area contributed by atoms with Crippen LogP contribution in [-0.2, 0) is 18.3 Å². The van der Waals surface area contributed by atoms with Gasteiger partial charge in [-0.15, -0.1) is 24.0 Å². The first-order valence-corrected chi connectivity index (χ1v) is 8.27. The van der Waals surface area contributed by atoms with E-state index in [0.29, 0.717) is 6.61 Å². The highest BCUT2D eigenvalue weighted by Gasteiger charge is 2.25. The summed E-state index contributed by atoms with van der Waals surface area (Å²) in [4.78, 5) is 6.68. The van der Waals surface area contributed by atoms with E-state index in [1.807, 2.05) is 31.2 Å². The second-order valence-corrected chi connectivity index (χ2v) is 6.14. The molecule has 3 rings (SSSR count). The molecule has 1 N–H and O–H groups in total. The van der Waals surface area contributed by atoms with Crippen LogP contribution in [0, 0.1) is 6.92 Å². The highest BCUT2D eigenvalue weighted by molar-refractivity contribution is 14.0. The van der Waals surface area contributed by atoms with Gasteiger partial charge in [0.15, 0.2) is 5.96 Å². The first kappa shape index (κ1) is 19.7. The van der Waals surface area contributed by atoms with E-state index in [0.717, 1.165) is 31.2 Å². The lowest BCUT2D eigenvalue weighted by atomic mass is 10.1. The van der Waals surface area contributed by atoms with E-state index >= 15 is 0 Å². The molecule has 25 heavy (non-hydrogen) atoms. The van der Waals surface area contributed by atoms with Crippen LogP contribution in [0.3, 0.4) is 0 Å². The van der Waals surface area contributed by atoms with E-state index in [1.54, 1.807) is 0 Å². The molecule has 2 aromatic rings. The average Bonchev–Trinajstić information content (AvgIpc) is 3.02. The third kappa shape index (κ3) is 5.18. The second-order valence-electron chi connectivity index (χ2n) is 6.14. The quantitative estimate of drug-likeness (QED) is 0.439. The van der Waals surface area contributed by atoms with Crippen LogP contribution in [-0.4, -0.2) is 47.4 Å². The summed E-state index contributed by atoms with van der Waals surface area (Å²) in [7, 11) is 3.75. The summed E-state index contributed by atoms with van der Waals surface area (Å²) >= 11 is 0. The monoisotopic (exact) mass is 455 g/mol. The van der Waals surface area contributed by atoms with Crippen molar-refractivity contribution in [2.24, 2.45) is 12.0 Å². The highest BCUT2D eigenvalue weighted by atomic mass is 127. The fourth-order valence-electron chi connectivity index (χ4n) is 2.99. The molecule has 1 saturated heterocycles. The van der Waals surface area contributed by atoms with Gasteiger partial charge in [0.25, 0.3) is 0 Å². The Morgan fingerprint density at radius 2 is 2.28 bits per heavy atom. The summed E-state index contributed by atoms with van der Waals surface area (Å²) in [5.41, 5.74) is 3.64. The van der Waals surface area contributed by atoms with Crippen molar-refractivity contribution in [3.63, 3.8) is 0 Å². The Balaban J connectivity index is 0.00000225. The number of aromatic nitrogens is 2. The summed E-state index contributed by atoms with van der Waals surface area (Å²) in [6, 6.07) is 8.52. The van der Waals surface area contributed by atoms with Crippen molar-refractivity contribution in [1.82, 2.24) is 20.0 Å². The average molecular weight is 455 g/mol. The number of halogens is 1. The standard InChI is InChI=1S/C18H25N5O.HI/c1-14-5-4-6-15(9-14)10-20-18(19-2)23-7-8-24-17(13-23)16-11-21-22(3)12-16;/h4-6,9,11-12,17H,7-8,10,13H2,1-3H3,(H,19,20);1H. The number of aliphatic imine (C=N–C) groups is 1. The summed E-state index contributed by atoms with van der Waals surface area (Å²) in [5.74, 6) is 0.911. The predicted molar refractivity (Wildman–Crippen MR) is 110 cm³/mol. The van der Waals surface area contributed by atoms with Gasteiger partial charge in [-0.25, -0.2) is 0 Å². The molecule has 0 aliphatic carbocycles. The van der Waals surface area contributed by atoms with Gasteiger partial charge >= 0.3 is 0 Å². The van der Waals surface area contributed by atoms with E-state index in [9.17, 15) is 0 Å². The number of nitrogens with one attached hydrogen (secondary N) is 1. The molecule has 0 bridgehead atoms. The third-order valence-corrected chi connectivity index (χ3v) is 4.21. The van der Waals surface area contributed by atoms with Crippen LogP contribution in [0.4, 0.5) is 0 Å². The lowest BCUT2D eigenvalue weighted by Crippen LogP contribution is -2.47. The Kier molecular flexibility index (Phi) is 7.24. The molecule has 6 nitrogen and oxygen atoms in total. The summed E-state index contributed by atoms with van der Waals surface area (Å²) in [6.07, 6.45) is 3.92. The van der Waals surface area contributed by atoms with Crippen molar-refractivity contribution in [3.8, 4) is 0 Å². The number of guanidine groups is 1. The molecule has 136 valence electrons. The molecule has 7 heteroatoms. The molecule has 1 aromatic carbocycles. The Bertz CT molecular complexity index is 715. The molecular weight excluding hydrogens is 429 g/mol. The number of benzene rings is 1. The van der Waals surface area contributed by atoms with Crippen molar-refractivity contribution in [3.05, 3.63) is 53.3 Å². The number of nitrogens with zero attached hydrogens (tertiary/aromatic N) is 4. The predicted octanol–water partition coefficient (Wildman–Crippen LogP) is 2.50. The van der Waals surface area contributed by atoms with Crippen molar-refractivity contribution in [1.29, 1.82) is 0 Å². The number of aryl methyl sites for hydroxylation is 2. The van der Waals surface area contributed by atoms with Gasteiger partial charge in [-0.05, 0) is 12.5 Å². The van der Waals surface area contributed by atoms with Crippen LogP contribution in [0.1, 0.15) is 22.8 Å². The topological polar surface area (TPSA) is 54.7 Å². The zero-order valence-electron chi connectivity index (χ0n) is 15.0. The molecule has 1 unspecified atom stereocenters. The molecule has 1 aromatic heterocycles. The lowest BCUT2D eigenvalue weighted by Gasteiger charge is -2.34. The van der Waals surface area contributed by atoms with Crippen LogP contribution in [0.2, 0.25) is 0 Å². The number of rotatable bonds is 3. The van der Waals surface area contributed by atoms with Crippen molar-refractivity contribution in [2.45, 2.75) is 19.6 Å². The number of hydrogen-bond acceptors (Lipinski definition) is 3. The van der Waals surface area contributed by atoms with E-state index in [4.69, 9.17) is 4.74 Å². The zero-order valence-corrected chi connectivity index (χ0v) is 17.3. The van der Waals surface area contributed by atoms with Gasteiger partial charge in [-0.3, -0.25) is 9.67 Å². The SMILES string of the molecule is CN=C(NCc1cccc(C)c1)N1CCOC(c2cnn(C)c2)C1.I. The lowest BCUT2D eigenvalue weighted by molar-refractivity contribution is -0.00805. The summed E-state index contributed by atoms with van der Waals surface area (Å²) in [5, 5.41) is 7.70. The van der Waals surface area contributed by atoms with Gasteiger partial charge < -0.3 is 15.0 Å². The first-order chi connectivity index (χ1) is 11.7. The fourth-order valence-corrected chi connectivity index (χ4v) is 2.99. The molecule has 2 heterocycles. The van der Waals surface area contributed by atoms with Gasteiger partial charge in [-0.2, -0.15) is 5.10 Å². The minimum Gasteiger partial charge on any atom is -0.370 e. The van der Waals surface area contributed by atoms with Crippen molar-refractivity contribution < 1.29 is 4.74 Å². The number of hydrogen-bond donors (Lipinski definition) is 1. The first-order valence-electron chi connectivity index (χ1n) is 8.27. The zero-order chi connectivity index (χ0) is 16.9. The Hall–Kier alpha value is -1.61. The van der Waals surface area contributed by atoms with Crippen molar-refractivity contribution in [2.75, 3.05) is 26.7 Å². The normalized spacial score (nSPS) is 18.0. The largest absolute Gasteiger partial charge is 0.370 e. The summed E-state index contributed by atoms with van der Waals surface area (Å²) < 4.78 is 7.71. The van der Waals surface area contributed by atoms with Crippen molar-refractivity contribution >= 4 is 29.9 Å². The van der Waals surface area contributed by atoms with Gasteiger partial charge in [0.1, 0.15) is 6.10 Å². The minimum atomic E-state index is 0. The smallest absolute Gasteiger partial charge is 0.194 e. The Morgan fingerprint density at radius 1 is 1.44 bits per heavy atom. The van der Waals surface area contributed by atoms with Crippen LogP contribution in [0.25, 0.3) is 0 Å². The minimum absolute atomic E-state index is 0. The maximum absolute atomic E-state index is 5.90. The highest BCUT2D eigenvalue weighted by Crippen LogP contribution is 2.21. The van der Waals surface area contributed by atoms with Crippen LogP contribution in [0.5, 0.6) is 0 Å². The van der Waals surface area contributed by atoms with Gasteiger partial charge in [0.2, 0.25) is 0 Å². The molecule has 0 spiro atoms. The van der Waals surface area contributed by atoms with E-state index < -0.39 is 0 Å². The molecule has 1 fully saturated rings. The molecule has 1 aliphatic rings. The van der Waals surface area contributed by atoms with Crippen LogP contribution >= 0.6 is 24.0 Å². The van der Waals surface area contributed by atoms with Gasteiger partial charge in [-0.1, -0.05) is 29.8 Å². The Morgan fingerprint density at radius 3 is 2.96 bits per heavy atom. The van der Waals surface area contributed by atoms with E-state index in [2.05, 4.69) is 51.5 Å². The number of ether oxygens (including phenoxy) is 1. The van der Waals surface area contributed by atoms with Gasteiger partial charge in [0.05, 0.1) is 19.3 Å². The molecule has 0 amide bonds. The van der Waals surface area contributed by atoms with Gasteiger partial charge in [0, 0.05) is 38.9 Å². The summed E-state index contributed by atoms with van der Waals surface area (Å²) in [6.45, 7) is 5.18. The molecular formula is C18H26IN5O. The van der Waals surface area contributed by atoms with E-state index in [1.165, 1.54) is 11.1 Å². The molecule has 1 aliphatic heterocycles. The third-order valence-electron chi connectivity index (χ3n) is 4.21.